The Balaban J connectivity index is 2.45. The van der Waals surface area contributed by atoms with Gasteiger partial charge >= 0.3 is 0 Å². The molecule has 19 heavy (non-hydrogen) atoms. The van der Waals surface area contributed by atoms with E-state index in [1.165, 1.54) is 0 Å². The lowest BCUT2D eigenvalue weighted by atomic mass is 10.1. The predicted molar refractivity (Wildman–Crippen MR) is 75.5 cm³/mol. The number of aryl methyl sites for hydroxylation is 1. The molecule has 0 spiro atoms. The standard InChI is InChI=1S/C14H19N3O2/c1-4-18-11-7-6-10(8-12(11)19-5-2)13-9(3)16-17-14(13)15/h6-8H,4-5H2,1-3H3,(H3,15,16,17). The number of hydrogen-bond donors (Lipinski definition) is 2. The summed E-state index contributed by atoms with van der Waals surface area (Å²) < 4.78 is 11.2. The van der Waals surface area contributed by atoms with Gasteiger partial charge in [-0.1, -0.05) is 6.07 Å². The number of aromatic amines is 1. The van der Waals surface area contributed by atoms with E-state index in [1.54, 1.807) is 0 Å². The molecule has 0 saturated carbocycles. The van der Waals surface area contributed by atoms with Gasteiger partial charge in [-0.25, -0.2) is 0 Å². The largest absolute Gasteiger partial charge is 0.490 e. The average Bonchev–Trinajstić information content (AvgIpc) is 2.72. The van der Waals surface area contributed by atoms with Crippen molar-refractivity contribution in [1.29, 1.82) is 0 Å². The van der Waals surface area contributed by atoms with Crippen LogP contribution in [-0.2, 0) is 0 Å². The molecule has 5 nitrogen and oxygen atoms in total. The van der Waals surface area contributed by atoms with E-state index in [0.29, 0.717) is 19.0 Å². The first-order valence-electron chi connectivity index (χ1n) is 6.37. The van der Waals surface area contributed by atoms with Gasteiger partial charge in [0, 0.05) is 11.3 Å². The summed E-state index contributed by atoms with van der Waals surface area (Å²) in [5.74, 6) is 1.96. The number of hydrogen-bond acceptors (Lipinski definition) is 4. The summed E-state index contributed by atoms with van der Waals surface area (Å²) in [5, 5.41) is 6.89. The molecule has 0 radical (unpaired) electrons. The number of H-pyrrole nitrogens is 1. The minimum Gasteiger partial charge on any atom is -0.490 e. The summed E-state index contributed by atoms with van der Waals surface area (Å²) >= 11 is 0. The van der Waals surface area contributed by atoms with Gasteiger partial charge in [0.25, 0.3) is 0 Å². The van der Waals surface area contributed by atoms with Gasteiger partial charge in [0.05, 0.1) is 13.2 Å². The first kappa shape index (κ1) is 13.3. The average molecular weight is 261 g/mol. The molecule has 0 atom stereocenters. The Morgan fingerprint density at radius 1 is 1.16 bits per heavy atom. The van der Waals surface area contributed by atoms with E-state index in [9.17, 15) is 0 Å². The van der Waals surface area contributed by atoms with Crippen LogP contribution in [0, 0.1) is 6.92 Å². The lowest BCUT2D eigenvalue weighted by Crippen LogP contribution is -1.99. The Hall–Kier alpha value is -2.17. The van der Waals surface area contributed by atoms with Crippen LogP contribution in [0.3, 0.4) is 0 Å². The third-order valence-corrected chi connectivity index (χ3v) is 2.81. The van der Waals surface area contributed by atoms with E-state index in [-0.39, 0.29) is 0 Å². The zero-order valence-corrected chi connectivity index (χ0v) is 11.5. The van der Waals surface area contributed by atoms with Gasteiger partial charge in [-0.3, -0.25) is 5.10 Å². The van der Waals surface area contributed by atoms with E-state index in [0.717, 1.165) is 28.3 Å². The second-order valence-electron chi connectivity index (χ2n) is 4.14. The lowest BCUT2D eigenvalue weighted by Gasteiger charge is -2.12. The molecule has 0 aliphatic carbocycles. The number of nitrogens with one attached hydrogen (secondary N) is 1. The van der Waals surface area contributed by atoms with E-state index in [4.69, 9.17) is 15.2 Å². The summed E-state index contributed by atoms with van der Waals surface area (Å²) in [7, 11) is 0. The molecule has 5 heteroatoms. The molecule has 3 N–H and O–H groups in total. The molecule has 0 aliphatic rings. The smallest absolute Gasteiger partial charge is 0.161 e. The van der Waals surface area contributed by atoms with Gasteiger partial charge < -0.3 is 15.2 Å². The van der Waals surface area contributed by atoms with Crippen molar-refractivity contribution in [3.63, 3.8) is 0 Å². The quantitative estimate of drug-likeness (QED) is 0.868. The fraction of sp³-hybridized carbons (Fsp3) is 0.357. The zero-order chi connectivity index (χ0) is 13.8. The van der Waals surface area contributed by atoms with Gasteiger partial charge in [-0.2, -0.15) is 5.10 Å². The second-order valence-corrected chi connectivity index (χ2v) is 4.14. The van der Waals surface area contributed by atoms with Crippen LogP contribution in [0.1, 0.15) is 19.5 Å². The van der Waals surface area contributed by atoms with Gasteiger partial charge in [0.15, 0.2) is 17.3 Å². The minimum atomic E-state index is 0.490. The molecule has 0 aliphatic heterocycles. The van der Waals surface area contributed by atoms with E-state index in [1.807, 2.05) is 39.0 Å². The van der Waals surface area contributed by atoms with Crippen LogP contribution in [0.4, 0.5) is 5.82 Å². The maximum atomic E-state index is 5.88. The zero-order valence-electron chi connectivity index (χ0n) is 11.5. The van der Waals surface area contributed by atoms with Crippen LogP contribution in [0.2, 0.25) is 0 Å². The lowest BCUT2D eigenvalue weighted by molar-refractivity contribution is 0.288. The number of rotatable bonds is 5. The molecule has 2 aromatic rings. The number of benzene rings is 1. The fourth-order valence-corrected chi connectivity index (χ4v) is 2.02. The number of nitrogens with zero attached hydrogens (tertiary/aromatic N) is 1. The summed E-state index contributed by atoms with van der Waals surface area (Å²) in [6.07, 6.45) is 0. The molecule has 1 aromatic carbocycles. The minimum absolute atomic E-state index is 0.490. The molecular formula is C14H19N3O2. The molecule has 0 unspecified atom stereocenters. The summed E-state index contributed by atoms with van der Waals surface area (Å²) in [6.45, 7) is 7.02. The van der Waals surface area contributed by atoms with Crippen molar-refractivity contribution in [3.05, 3.63) is 23.9 Å². The maximum Gasteiger partial charge on any atom is 0.161 e. The Labute approximate surface area is 112 Å². The molecule has 2 rings (SSSR count). The Bertz CT molecular complexity index is 544. The summed E-state index contributed by atoms with van der Waals surface area (Å²) in [4.78, 5) is 0. The number of nitrogens with two attached hydrogens (primary N) is 1. The molecule has 0 saturated heterocycles. The van der Waals surface area contributed by atoms with Crippen molar-refractivity contribution in [3.8, 4) is 22.6 Å². The van der Waals surface area contributed by atoms with Crippen LogP contribution < -0.4 is 15.2 Å². The van der Waals surface area contributed by atoms with Crippen molar-refractivity contribution < 1.29 is 9.47 Å². The molecular weight excluding hydrogens is 242 g/mol. The highest BCUT2D eigenvalue weighted by Crippen LogP contribution is 2.35. The Morgan fingerprint density at radius 3 is 2.42 bits per heavy atom. The molecule has 0 bridgehead atoms. The van der Waals surface area contributed by atoms with E-state index < -0.39 is 0 Å². The number of aromatic nitrogens is 2. The van der Waals surface area contributed by atoms with Gasteiger partial charge in [-0.15, -0.1) is 0 Å². The van der Waals surface area contributed by atoms with Crippen molar-refractivity contribution in [2.45, 2.75) is 20.8 Å². The SMILES string of the molecule is CCOc1ccc(-c2c(N)n[nH]c2C)cc1OCC. The highest BCUT2D eigenvalue weighted by molar-refractivity contribution is 5.77. The third-order valence-electron chi connectivity index (χ3n) is 2.81. The number of ether oxygens (including phenoxy) is 2. The highest BCUT2D eigenvalue weighted by Gasteiger charge is 2.13. The molecule has 0 fully saturated rings. The van der Waals surface area contributed by atoms with Crippen LogP contribution in [0.25, 0.3) is 11.1 Å². The van der Waals surface area contributed by atoms with Crippen LogP contribution in [0.15, 0.2) is 18.2 Å². The van der Waals surface area contributed by atoms with E-state index in [2.05, 4.69) is 10.2 Å². The van der Waals surface area contributed by atoms with Crippen LogP contribution in [0.5, 0.6) is 11.5 Å². The van der Waals surface area contributed by atoms with E-state index >= 15 is 0 Å². The summed E-state index contributed by atoms with van der Waals surface area (Å²) in [6, 6.07) is 5.79. The maximum absolute atomic E-state index is 5.88. The number of nitrogen functional groups attached to an aromatic ring is 1. The van der Waals surface area contributed by atoms with Crippen molar-refractivity contribution in [1.82, 2.24) is 10.2 Å². The Morgan fingerprint density at radius 2 is 1.84 bits per heavy atom. The second kappa shape index (κ2) is 5.65. The topological polar surface area (TPSA) is 73.2 Å². The van der Waals surface area contributed by atoms with Gasteiger partial charge in [0.1, 0.15) is 0 Å². The summed E-state index contributed by atoms with van der Waals surface area (Å²) in [5.41, 5.74) is 8.69. The molecule has 102 valence electrons. The third kappa shape index (κ3) is 2.65. The molecule has 0 amide bonds. The highest BCUT2D eigenvalue weighted by atomic mass is 16.5. The van der Waals surface area contributed by atoms with Crippen LogP contribution >= 0.6 is 0 Å². The monoisotopic (exact) mass is 261 g/mol. The molecule has 1 heterocycles. The molecule has 1 aromatic heterocycles. The van der Waals surface area contributed by atoms with Crippen molar-refractivity contribution in [2.24, 2.45) is 0 Å². The van der Waals surface area contributed by atoms with Gasteiger partial charge in [-0.05, 0) is 38.5 Å². The van der Waals surface area contributed by atoms with Gasteiger partial charge in [0.2, 0.25) is 0 Å². The first-order valence-corrected chi connectivity index (χ1v) is 6.37. The normalized spacial score (nSPS) is 10.5. The Kier molecular flexibility index (Phi) is 3.94. The number of anilines is 1. The fourth-order valence-electron chi connectivity index (χ4n) is 2.02. The first-order chi connectivity index (χ1) is 9.17. The van der Waals surface area contributed by atoms with Crippen molar-refractivity contribution in [2.75, 3.05) is 18.9 Å². The predicted octanol–water partition coefficient (Wildman–Crippen LogP) is 2.76. The van der Waals surface area contributed by atoms with Crippen LogP contribution in [-0.4, -0.2) is 23.4 Å². The van der Waals surface area contributed by atoms with Crippen molar-refractivity contribution >= 4 is 5.82 Å².